The smallest absolute Gasteiger partial charge is 0.228 e. The van der Waals surface area contributed by atoms with E-state index in [2.05, 4.69) is 19.9 Å². The minimum atomic E-state index is 0.372. The molecule has 0 saturated carbocycles. The molecule has 4 rings (SSSR count). The average Bonchev–Trinajstić information content (AvgIpc) is 2.68. The van der Waals surface area contributed by atoms with Crippen molar-refractivity contribution in [1.82, 2.24) is 15.0 Å². The van der Waals surface area contributed by atoms with Crippen molar-refractivity contribution >= 4 is 22.5 Å². The second kappa shape index (κ2) is 5.94. The maximum Gasteiger partial charge on any atom is 0.228 e. The minimum absolute atomic E-state index is 0.372. The molecule has 22 heavy (non-hydrogen) atoms. The van der Waals surface area contributed by atoms with Crippen LogP contribution in [-0.4, -0.2) is 34.1 Å². The zero-order chi connectivity index (χ0) is 15.7. The fourth-order valence-corrected chi connectivity index (χ4v) is 3.17. The SMILES string of the molecule is CC.Cc1nc2c3c(nc(N)cc3n1)OCC1CCCCN21. The van der Waals surface area contributed by atoms with Crippen LogP contribution >= 0.6 is 0 Å². The number of hydrogen-bond acceptors (Lipinski definition) is 6. The molecular formula is C16H23N5O. The van der Waals surface area contributed by atoms with E-state index in [1.54, 1.807) is 6.07 Å². The summed E-state index contributed by atoms with van der Waals surface area (Å²) in [5.74, 6) is 2.73. The number of hydrogen-bond donors (Lipinski definition) is 1. The first-order chi connectivity index (χ1) is 10.7. The van der Waals surface area contributed by atoms with Gasteiger partial charge in [-0.3, -0.25) is 0 Å². The maximum atomic E-state index is 5.90. The van der Waals surface area contributed by atoms with Crippen molar-refractivity contribution in [3.63, 3.8) is 0 Å². The standard InChI is InChI=1S/C14H17N5O.C2H6/c1-8-16-10-6-11(15)18-14-12(10)13(17-8)19-5-3-2-4-9(19)7-20-14;1-2/h6,9H,2-5,7H2,1H3,(H2,15,18);1-2H3. The Balaban J connectivity index is 0.000000693. The highest BCUT2D eigenvalue weighted by Gasteiger charge is 2.31. The number of nitrogens with zero attached hydrogens (tertiary/aromatic N) is 4. The topological polar surface area (TPSA) is 77.2 Å². The number of rotatable bonds is 0. The quantitative estimate of drug-likeness (QED) is 0.806. The van der Waals surface area contributed by atoms with E-state index in [-0.39, 0.29) is 0 Å². The minimum Gasteiger partial charge on any atom is -0.475 e. The van der Waals surface area contributed by atoms with Gasteiger partial charge in [0.15, 0.2) is 0 Å². The molecule has 6 nitrogen and oxygen atoms in total. The first-order valence-electron chi connectivity index (χ1n) is 8.06. The van der Waals surface area contributed by atoms with E-state index in [9.17, 15) is 0 Å². The van der Waals surface area contributed by atoms with Crippen LogP contribution in [0.15, 0.2) is 6.07 Å². The fourth-order valence-electron chi connectivity index (χ4n) is 3.17. The second-order valence-electron chi connectivity index (χ2n) is 5.49. The molecule has 0 aromatic carbocycles. The molecule has 1 unspecified atom stereocenters. The van der Waals surface area contributed by atoms with Gasteiger partial charge in [-0.1, -0.05) is 13.8 Å². The number of anilines is 2. The first-order valence-corrected chi connectivity index (χ1v) is 8.06. The van der Waals surface area contributed by atoms with E-state index in [0.29, 0.717) is 24.3 Å². The van der Waals surface area contributed by atoms with Gasteiger partial charge in [-0.25, -0.2) is 9.97 Å². The number of nitrogens with two attached hydrogens (primary N) is 1. The molecule has 2 aromatic heterocycles. The fraction of sp³-hybridized carbons (Fsp3) is 0.562. The summed E-state index contributed by atoms with van der Waals surface area (Å²) in [7, 11) is 0. The van der Waals surface area contributed by atoms with Gasteiger partial charge in [0.1, 0.15) is 29.5 Å². The number of piperidine rings is 1. The van der Waals surface area contributed by atoms with Crippen molar-refractivity contribution < 1.29 is 4.74 Å². The highest BCUT2D eigenvalue weighted by Crippen LogP contribution is 2.37. The molecular weight excluding hydrogens is 278 g/mol. The van der Waals surface area contributed by atoms with E-state index in [1.807, 2.05) is 20.8 Å². The van der Waals surface area contributed by atoms with Gasteiger partial charge in [0.05, 0.1) is 11.6 Å². The Morgan fingerprint density at radius 2 is 2.05 bits per heavy atom. The Kier molecular flexibility index (Phi) is 4.00. The number of aromatic nitrogens is 3. The van der Waals surface area contributed by atoms with Crippen LogP contribution in [0.2, 0.25) is 0 Å². The van der Waals surface area contributed by atoms with Crippen LogP contribution in [0.1, 0.15) is 38.9 Å². The molecule has 0 spiro atoms. The molecule has 2 aliphatic heterocycles. The molecule has 2 N–H and O–H groups in total. The van der Waals surface area contributed by atoms with Crippen molar-refractivity contribution in [3.8, 4) is 5.88 Å². The molecule has 1 fully saturated rings. The summed E-state index contributed by atoms with van der Waals surface area (Å²) in [6, 6.07) is 2.17. The predicted octanol–water partition coefficient (Wildman–Crippen LogP) is 2.69. The number of aryl methyl sites for hydroxylation is 1. The highest BCUT2D eigenvalue weighted by molar-refractivity contribution is 5.95. The molecule has 2 aromatic rings. The van der Waals surface area contributed by atoms with E-state index in [0.717, 1.165) is 35.5 Å². The van der Waals surface area contributed by atoms with Crippen LogP contribution in [0.5, 0.6) is 5.88 Å². The Morgan fingerprint density at radius 1 is 1.23 bits per heavy atom. The Hall–Kier alpha value is -2.11. The van der Waals surface area contributed by atoms with Crippen LogP contribution < -0.4 is 15.4 Å². The van der Waals surface area contributed by atoms with E-state index >= 15 is 0 Å². The third-order valence-corrected chi connectivity index (χ3v) is 4.07. The van der Waals surface area contributed by atoms with Gasteiger partial charge in [0.25, 0.3) is 0 Å². The van der Waals surface area contributed by atoms with Crippen molar-refractivity contribution in [2.24, 2.45) is 0 Å². The summed E-state index contributed by atoms with van der Waals surface area (Å²) in [6.07, 6.45) is 3.57. The summed E-state index contributed by atoms with van der Waals surface area (Å²) in [4.78, 5) is 15.8. The normalized spacial score (nSPS) is 19.6. The van der Waals surface area contributed by atoms with Crippen LogP contribution in [0.4, 0.5) is 11.6 Å². The molecule has 0 bridgehead atoms. The number of ether oxygens (including phenoxy) is 1. The van der Waals surface area contributed by atoms with Gasteiger partial charge in [-0.15, -0.1) is 0 Å². The third-order valence-electron chi connectivity index (χ3n) is 4.07. The van der Waals surface area contributed by atoms with Crippen molar-refractivity contribution in [2.45, 2.75) is 46.1 Å². The summed E-state index contributed by atoms with van der Waals surface area (Å²) in [6.45, 7) is 7.57. The number of fused-ring (bicyclic) bond motifs is 2. The molecule has 4 heterocycles. The third kappa shape index (κ3) is 2.42. The molecule has 0 aliphatic carbocycles. The molecule has 1 saturated heterocycles. The molecule has 6 heteroatoms. The lowest BCUT2D eigenvalue weighted by Gasteiger charge is -2.34. The van der Waals surface area contributed by atoms with E-state index < -0.39 is 0 Å². The first kappa shape index (κ1) is 14.8. The summed E-state index contributed by atoms with van der Waals surface area (Å²) < 4.78 is 5.90. The van der Waals surface area contributed by atoms with E-state index in [4.69, 9.17) is 10.5 Å². The Morgan fingerprint density at radius 3 is 2.86 bits per heavy atom. The van der Waals surface area contributed by atoms with Gasteiger partial charge >= 0.3 is 0 Å². The van der Waals surface area contributed by atoms with Gasteiger partial charge in [0.2, 0.25) is 5.88 Å². The zero-order valence-corrected chi connectivity index (χ0v) is 13.5. The lowest BCUT2D eigenvalue weighted by Crippen LogP contribution is -2.42. The zero-order valence-electron chi connectivity index (χ0n) is 13.5. The Bertz CT molecular complexity index is 683. The summed E-state index contributed by atoms with van der Waals surface area (Å²) >= 11 is 0. The lowest BCUT2D eigenvalue weighted by atomic mass is 10.0. The average molecular weight is 301 g/mol. The van der Waals surface area contributed by atoms with Gasteiger partial charge in [-0.2, -0.15) is 4.98 Å². The van der Waals surface area contributed by atoms with Gasteiger partial charge < -0.3 is 15.4 Å². The number of nitrogen functional groups attached to an aromatic ring is 1. The number of pyridine rings is 1. The van der Waals surface area contributed by atoms with Crippen molar-refractivity contribution in [3.05, 3.63) is 11.9 Å². The van der Waals surface area contributed by atoms with E-state index in [1.165, 1.54) is 12.8 Å². The summed E-state index contributed by atoms with van der Waals surface area (Å²) in [5.41, 5.74) is 6.68. The molecule has 1 atom stereocenters. The highest BCUT2D eigenvalue weighted by atomic mass is 16.5. The van der Waals surface area contributed by atoms with Crippen molar-refractivity contribution in [2.75, 3.05) is 23.8 Å². The second-order valence-corrected chi connectivity index (χ2v) is 5.49. The predicted molar refractivity (Wildman–Crippen MR) is 88.3 cm³/mol. The largest absolute Gasteiger partial charge is 0.475 e. The van der Waals surface area contributed by atoms with Crippen molar-refractivity contribution in [1.29, 1.82) is 0 Å². The molecule has 2 aliphatic rings. The van der Waals surface area contributed by atoms with Crippen LogP contribution in [0.3, 0.4) is 0 Å². The monoisotopic (exact) mass is 301 g/mol. The lowest BCUT2D eigenvalue weighted by molar-refractivity contribution is 0.260. The van der Waals surface area contributed by atoms with Crippen LogP contribution in [0.25, 0.3) is 10.9 Å². The molecule has 0 amide bonds. The Labute approximate surface area is 130 Å². The maximum absolute atomic E-state index is 5.90. The molecule has 118 valence electrons. The van der Waals surface area contributed by atoms with Gasteiger partial charge in [-0.05, 0) is 26.2 Å². The van der Waals surface area contributed by atoms with Crippen LogP contribution in [-0.2, 0) is 0 Å². The molecule has 0 radical (unpaired) electrons. The van der Waals surface area contributed by atoms with Gasteiger partial charge in [0, 0.05) is 12.6 Å². The summed E-state index contributed by atoms with van der Waals surface area (Å²) in [5, 5.41) is 0.897. The van der Waals surface area contributed by atoms with Crippen LogP contribution in [0, 0.1) is 6.92 Å².